The van der Waals surface area contributed by atoms with Crippen LogP contribution in [0.2, 0.25) is 0 Å². The van der Waals surface area contributed by atoms with Gasteiger partial charge in [0.15, 0.2) is 0 Å². The molecule has 0 aromatic rings. The van der Waals surface area contributed by atoms with Gasteiger partial charge in [-0.05, 0) is 25.9 Å². The average Bonchev–Trinajstić information content (AvgIpc) is 2.16. The van der Waals surface area contributed by atoms with Crippen LogP contribution in [0.25, 0.3) is 0 Å². The molecule has 0 aliphatic rings. The number of ether oxygens (including phenoxy) is 1. The standard InChI is InChI=1S/C10H24N2O/c1-3-5-11-7-9-13-10-8-12-6-4-2/h11-12H,3-10H2,1-2H3. The molecule has 0 atom stereocenters. The first-order valence-electron chi connectivity index (χ1n) is 5.41. The van der Waals surface area contributed by atoms with Gasteiger partial charge in [0.1, 0.15) is 0 Å². The van der Waals surface area contributed by atoms with Crippen molar-refractivity contribution in [2.75, 3.05) is 39.4 Å². The van der Waals surface area contributed by atoms with Crippen LogP contribution in [0.1, 0.15) is 26.7 Å². The number of hydrogen-bond acceptors (Lipinski definition) is 3. The maximum absolute atomic E-state index is 5.40. The van der Waals surface area contributed by atoms with E-state index >= 15 is 0 Å². The molecule has 0 bridgehead atoms. The Morgan fingerprint density at radius 3 is 1.62 bits per heavy atom. The van der Waals surface area contributed by atoms with E-state index in [1.165, 1.54) is 12.8 Å². The second kappa shape index (κ2) is 11.9. The first-order chi connectivity index (χ1) is 6.41. The summed E-state index contributed by atoms with van der Waals surface area (Å²) in [5.41, 5.74) is 0. The maximum atomic E-state index is 5.40. The van der Waals surface area contributed by atoms with Crippen LogP contribution < -0.4 is 10.6 Å². The van der Waals surface area contributed by atoms with Crippen molar-refractivity contribution in [3.05, 3.63) is 0 Å². The molecule has 2 N–H and O–H groups in total. The highest BCUT2D eigenvalue weighted by atomic mass is 16.5. The molecule has 3 nitrogen and oxygen atoms in total. The van der Waals surface area contributed by atoms with Crippen LogP contribution >= 0.6 is 0 Å². The summed E-state index contributed by atoms with van der Waals surface area (Å²) >= 11 is 0. The fourth-order valence-electron chi connectivity index (χ4n) is 0.994. The summed E-state index contributed by atoms with van der Waals surface area (Å²) in [5.74, 6) is 0. The fourth-order valence-corrected chi connectivity index (χ4v) is 0.994. The summed E-state index contributed by atoms with van der Waals surface area (Å²) in [5, 5.41) is 6.58. The molecule has 0 aliphatic heterocycles. The van der Waals surface area contributed by atoms with Crippen molar-refractivity contribution in [3.63, 3.8) is 0 Å². The highest BCUT2D eigenvalue weighted by Crippen LogP contribution is 1.75. The van der Waals surface area contributed by atoms with Gasteiger partial charge in [-0.3, -0.25) is 0 Å². The van der Waals surface area contributed by atoms with Crippen LogP contribution in [0.5, 0.6) is 0 Å². The van der Waals surface area contributed by atoms with Crippen molar-refractivity contribution >= 4 is 0 Å². The molecular formula is C10H24N2O. The zero-order chi connectivity index (χ0) is 9.78. The molecule has 0 rings (SSSR count). The largest absolute Gasteiger partial charge is 0.379 e. The molecule has 13 heavy (non-hydrogen) atoms. The lowest BCUT2D eigenvalue weighted by Gasteiger charge is -2.05. The second-order valence-electron chi connectivity index (χ2n) is 3.11. The normalized spacial score (nSPS) is 10.6. The Morgan fingerprint density at radius 2 is 1.23 bits per heavy atom. The van der Waals surface area contributed by atoms with E-state index in [-0.39, 0.29) is 0 Å². The number of hydrogen-bond donors (Lipinski definition) is 2. The van der Waals surface area contributed by atoms with E-state index in [4.69, 9.17) is 4.74 Å². The van der Waals surface area contributed by atoms with Gasteiger partial charge in [0.2, 0.25) is 0 Å². The Morgan fingerprint density at radius 1 is 0.769 bits per heavy atom. The Hall–Kier alpha value is -0.120. The summed E-state index contributed by atoms with van der Waals surface area (Å²) in [7, 11) is 0. The summed E-state index contributed by atoms with van der Waals surface area (Å²) < 4.78 is 5.40. The van der Waals surface area contributed by atoms with Gasteiger partial charge in [-0.2, -0.15) is 0 Å². The average molecular weight is 188 g/mol. The van der Waals surface area contributed by atoms with Gasteiger partial charge in [-0.15, -0.1) is 0 Å². The van der Waals surface area contributed by atoms with E-state index in [2.05, 4.69) is 24.5 Å². The van der Waals surface area contributed by atoms with Gasteiger partial charge in [-0.25, -0.2) is 0 Å². The fraction of sp³-hybridized carbons (Fsp3) is 1.00. The van der Waals surface area contributed by atoms with Gasteiger partial charge in [0.05, 0.1) is 13.2 Å². The third-order valence-corrected chi connectivity index (χ3v) is 1.70. The molecule has 0 unspecified atom stereocenters. The topological polar surface area (TPSA) is 33.3 Å². The van der Waals surface area contributed by atoms with Gasteiger partial charge in [-0.1, -0.05) is 13.8 Å². The Bertz CT molecular complexity index is 79.0. The zero-order valence-corrected chi connectivity index (χ0v) is 9.07. The highest BCUT2D eigenvalue weighted by Gasteiger charge is 1.88. The highest BCUT2D eigenvalue weighted by molar-refractivity contribution is 4.46. The smallest absolute Gasteiger partial charge is 0.0591 e. The lowest BCUT2D eigenvalue weighted by Crippen LogP contribution is -2.24. The Kier molecular flexibility index (Phi) is 11.8. The molecule has 0 spiro atoms. The summed E-state index contributed by atoms with van der Waals surface area (Å²) in [4.78, 5) is 0. The monoisotopic (exact) mass is 188 g/mol. The molecule has 0 aromatic carbocycles. The van der Waals surface area contributed by atoms with Crippen LogP contribution in [-0.4, -0.2) is 39.4 Å². The molecule has 0 heterocycles. The van der Waals surface area contributed by atoms with E-state index < -0.39 is 0 Å². The third-order valence-electron chi connectivity index (χ3n) is 1.70. The molecule has 0 radical (unpaired) electrons. The van der Waals surface area contributed by atoms with Crippen LogP contribution in [-0.2, 0) is 4.74 Å². The molecule has 3 heteroatoms. The minimum atomic E-state index is 0.827. The van der Waals surface area contributed by atoms with Crippen LogP contribution in [0, 0.1) is 0 Å². The Labute approximate surface area is 82.2 Å². The lowest BCUT2D eigenvalue weighted by atomic mass is 10.5. The van der Waals surface area contributed by atoms with E-state index in [0.717, 1.165) is 39.4 Å². The predicted octanol–water partition coefficient (Wildman–Crippen LogP) is 1.00. The Balaban J connectivity index is 2.76. The van der Waals surface area contributed by atoms with Gasteiger partial charge >= 0.3 is 0 Å². The van der Waals surface area contributed by atoms with Gasteiger partial charge in [0.25, 0.3) is 0 Å². The molecule has 0 saturated heterocycles. The lowest BCUT2D eigenvalue weighted by molar-refractivity contribution is 0.138. The molecule has 0 aliphatic carbocycles. The molecule has 80 valence electrons. The van der Waals surface area contributed by atoms with E-state index in [9.17, 15) is 0 Å². The summed E-state index contributed by atoms with van der Waals surface area (Å²) in [6, 6.07) is 0. The van der Waals surface area contributed by atoms with Gasteiger partial charge in [0, 0.05) is 13.1 Å². The van der Waals surface area contributed by atoms with Crippen molar-refractivity contribution in [1.29, 1.82) is 0 Å². The second-order valence-corrected chi connectivity index (χ2v) is 3.11. The summed E-state index contributed by atoms with van der Waals surface area (Å²) in [6.07, 6.45) is 2.39. The third kappa shape index (κ3) is 11.9. The molecule has 0 amide bonds. The quantitative estimate of drug-likeness (QED) is 0.502. The van der Waals surface area contributed by atoms with E-state index in [0.29, 0.717) is 0 Å². The van der Waals surface area contributed by atoms with Crippen LogP contribution in [0.15, 0.2) is 0 Å². The van der Waals surface area contributed by atoms with Crippen LogP contribution in [0.3, 0.4) is 0 Å². The molecule has 0 saturated carbocycles. The van der Waals surface area contributed by atoms with Crippen molar-refractivity contribution in [2.45, 2.75) is 26.7 Å². The minimum absolute atomic E-state index is 0.827. The first-order valence-corrected chi connectivity index (χ1v) is 5.41. The SMILES string of the molecule is CCCNCCOCCNCCC. The summed E-state index contributed by atoms with van der Waals surface area (Å²) in [6.45, 7) is 10.1. The van der Waals surface area contributed by atoms with Gasteiger partial charge < -0.3 is 15.4 Å². The number of nitrogens with one attached hydrogen (secondary N) is 2. The minimum Gasteiger partial charge on any atom is -0.379 e. The van der Waals surface area contributed by atoms with Crippen molar-refractivity contribution in [2.24, 2.45) is 0 Å². The number of rotatable bonds is 10. The van der Waals surface area contributed by atoms with E-state index in [1.807, 2.05) is 0 Å². The predicted molar refractivity (Wildman–Crippen MR) is 57.1 cm³/mol. The molecule has 0 fully saturated rings. The first kappa shape index (κ1) is 12.9. The molecule has 0 aromatic heterocycles. The zero-order valence-electron chi connectivity index (χ0n) is 9.07. The van der Waals surface area contributed by atoms with Crippen LogP contribution in [0.4, 0.5) is 0 Å². The van der Waals surface area contributed by atoms with Crippen molar-refractivity contribution < 1.29 is 4.74 Å². The maximum Gasteiger partial charge on any atom is 0.0591 e. The van der Waals surface area contributed by atoms with E-state index in [1.54, 1.807) is 0 Å². The van der Waals surface area contributed by atoms with Crippen molar-refractivity contribution in [1.82, 2.24) is 10.6 Å². The molecular weight excluding hydrogens is 164 g/mol. The van der Waals surface area contributed by atoms with Crippen molar-refractivity contribution in [3.8, 4) is 0 Å².